The third kappa shape index (κ3) is 2.76. The number of amidine groups is 1. The van der Waals surface area contributed by atoms with Crippen molar-refractivity contribution in [2.24, 2.45) is 5.73 Å². The molecule has 3 N–H and O–H groups in total. The zero-order valence-corrected chi connectivity index (χ0v) is 9.71. The van der Waals surface area contributed by atoms with Gasteiger partial charge in [-0.3, -0.25) is 5.41 Å². The lowest BCUT2D eigenvalue weighted by molar-refractivity contribution is 0.0223. The third-order valence-corrected chi connectivity index (χ3v) is 2.76. The molecule has 1 aliphatic heterocycles. The Bertz CT molecular complexity index is 436. The second kappa shape index (κ2) is 5.30. The van der Waals surface area contributed by atoms with Crippen LogP contribution in [0, 0.1) is 17.0 Å². The predicted octanol–water partition coefficient (Wildman–Crippen LogP) is 1.81. The molecule has 1 aromatic carbocycles. The van der Waals surface area contributed by atoms with Crippen LogP contribution in [0.15, 0.2) is 12.1 Å². The molecule has 1 saturated heterocycles. The molecule has 1 aliphatic rings. The maximum absolute atomic E-state index is 13.7. The topological polar surface area (TPSA) is 68.3 Å². The number of nitrogens with two attached hydrogens (primary N) is 1. The van der Waals surface area contributed by atoms with Crippen molar-refractivity contribution in [1.29, 1.82) is 5.41 Å². The lowest BCUT2D eigenvalue weighted by atomic mass is 10.1. The monoisotopic (exact) mass is 256 g/mol. The van der Waals surface area contributed by atoms with Crippen LogP contribution in [0.5, 0.6) is 5.75 Å². The van der Waals surface area contributed by atoms with Crippen molar-refractivity contribution >= 4 is 5.84 Å². The zero-order valence-electron chi connectivity index (χ0n) is 9.71. The summed E-state index contributed by atoms with van der Waals surface area (Å²) in [6.45, 7) is 1.05. The average molecular weight is 256 g/mol. The molecule has 0 amide bonds. The van der Waals surface area contributed by atoms with Gasteiger partial charge in [0.1, 0.15) is 11.9 Å². The summed E-state index contributed by atoms with van der Waals surface area (Å²) >= 11 is 0. The lowest BCUT2D eigenvalue weighted by Crippen LogP contribution is -2.26. The van der Waals surface area contributed by atoms with E-state index in [2.05, 4.69) is 0 Å². The molecule has 0 radical (unpaired) electrons. The van der Waals surface area contributed by atoms with E-state index in [4.69, 9.17) is 20.6 Å². The molecule has 18 heavy (non-hydrogen) atoms. The Balaban J connectivity index is 2.19. The van der Waals surface area contributed by atoms with Crippen LogP contribution in [0.4, 0.5) is 8.78 Å². The van der Waals surface area contributed by atoms with Crippen LogP contribution in [0.2, 0.25) is 0 Å². The van der Waals surface area contributed by atoms with Gasteiger partial charge in [0, 0.05) is 18.4 Å². The van der Waals surface area contributed by atoms with Gasteiger partial charge in [0.15, 0.2) is 17.4 Å². The number of halogens is 2. The van der Waals surface area contributed by atoms with Crippen molar-refractivity contribution < 1.29 is 18.3 Å². The number of hydrogen-bond acceptors (Lipinski definition) is 3. The van der Waals surface area contributed by atoms with Gasteiger partial charge >= 0.3 is 0 Å². The van der Waals surface area contributed by atoms with Crippen LogP contribution < -0.4 is 10.5 Å². The normalized spacial score (nSPS) is 16.6. The quantitative estimate of drug-likeness (QED) is 0.640. The first-order chi connectivity index (χ1) is 8.58. The minimum atomic E-state index is -0.841. The number of nitrogens with one attached hydrogen (secondary N) is 1. The van der Waals surface area contributed by atoms with E-state index in [1.54, 1.807) is 0 Å². The van der Waals surface area contributed by atoms with Crippen molar-refractivity contribution in [3.8, 4) is 5.75 Å². The summed E-state index contributed by atoms with van der Waals surface area (Å²) < 4.78 is 37.8. The van der Waals surface area contributed by atoms with Crippen molar-refractivity contribution in [2.75, 3.05) is 13.2 Å². The van der Waals surface area contributed by atoms with Gasteiger partial charge < -0.3 is 15.2 Å². The molecular formula is C12H14F2N2O2. The molecule has 0 aromatic heterocycles. The Morgan fingerprint density at radius 3 is 2.33 bits per heavy atom. The molecule has 1 fully saturated rings. The fourth-order valence-corrected chi connectivity index (χ4v) is 1.79. The highest BCUT2D eigenvalue weighted by atomic mass is 19.1. The van der Waals surface area contributed by atoms with Gasteiger partial charge in [-0.15, -0.1) is 0 Å². The van der Waals surface area contributed by atoms with Crippen LogP contribution in [-0.4, -0.2) is 25.2 Å². The molecule has 0 unspecified atom stereocenters. The Morgan fingerprint density at radius 1 is 1.28 bits per heavy atom. The maximum Gasteiger partial charge on any atom is 0.191 e. The van der Waals surface area contributed by atoms with Gasteiger partial charge in [0.25, 0.3) is 0 Å². The highest BCUT2D eigenvalue weighted by molar-refractivity contribution is 5.95. The first-order valence-corrected chi connectivity index (χ1v) is 5.66. The minimum Gasteiger partial charge on any atom is -0.484 e. The smallest absolute Gasteiger partial charge is 0.191 e. The molecule has 0 aliphatic carbocycles. The molecule has 4 nitrogen and oxygen atoms in total. The zero-order chi connectivity index (χ0) is 13.1. The summed E-state index contributed by atoms with van der Waals surface area (Å²) in [5.74, 6) is -2.48. The van der Waals surface area contributed by atoms with E-state index in [1.165, 1.54) is 0 Å². The molecule has 0 saturated carbocycles. The van der Waals surface area contributed by atoms with Gasteiger partial charge in [0.2, 0.25) is 0 Å². The summed E-state index contributed by atoms with van der Waals surface area (Å²) in [4.78, 5) is 0. The number of ether oxygens (including phenoxy) is 2. The summed E-state index contributed by atoms with van der Waals surface area (Å²) in [6, 6.07) is 2.00. The van der Waals surface area contributed by atoms with E-state index in [0.29, 0.717) is 26.1 Å². The molecule has 98 valence electrons. The largest absolute Gasteiger partial charge is 0.484 e. The first-order valence-electron chi connectivity index (χ1n) is 5.66. The molecule has 6 heteroatoms. The van der Waals surface area contributed by atoms with Gasteiger partial charge in [-0.05, 0) is 12.1 Å². The van der Waals surface area contributed by atoms with Crippen molar-refractivity contribution in [3.63, 3.8) is 0 Å². The number of benzene rings is 1. The molecule has 0 atom stereocenters. The highest BCUT2D eigenvalue weighted by Gasteiger charge is 2.20. The Hall–Kier alpha value is -1.69. The Labute approximate surface area is 103 Å². The van der Waals surface area contributed by atoms with Crippen molar-refractivity contribution in [2.45, 2.75) is 18.9 Å². The van der Waals surface area contributed by atoms with Crippen molar-refractivity contribution in [3.05, 3.63) is 29.3 Å². The van der Waals surface area contributed by atoms with Crippen LogP contribution >= 0.6 is 0 Å². The lowest BCUT2D eigenvalue weighted by Gasteiger charge is -2.23. The highest BCUT2D eigenvalue weighted by Crippen LogP contribution is 2.26. The molecule has 2 rings (SSSR count). The van der Waals surface area contributed by atoms with Crippen LogP contribution in [0.3, 0.4) is 0 Å². The predicted molar refractivity (Wildman–Crippen MR) is 61.8 cm³/mol. The summed E-state index contributed by atoms with van der Waals surface area (Å²) in [7, 11) is 0. The van der Waals surface area contributed by atoms with E-state index in [1.807, 2.05) is 0 Å². The standard InChI is InChI=1S/C12H14F2N2O2/c13-9-5-7(12(15)16)6-10(14)11(9)18-8-1-3-17-4-2-8/h5-6,8H,1-4H2,(H3,15,16). The Morgan fingerprint density at radius 2 is 1.83 bits per heavy atom. The van der Waals surface area contributed by atoms with Gasteiger partial charge in [-0.1, -0.05) is 0 Å². The van der Waals surface area contributed by atoms with Crippen LogP contribution in [0.1, 0.15) is 18.4 Å². The first kappa shape index (κ1) is 12.8. The van der Waals surface area contributed by atoms with Gasteiger partial charge in [-0.2, -0.15) is 0 Å². The molecular weight excluding hydrogens is 242 g/mol. The summed E-state index contributed by atoms with van der Waals surface area (Å²) in [5.41, 5.74) is 5.18. The molecule has 1 heterocycles. The second-order valence-corrected chi connectivity index (χ2v) is 4.11. The Kier molecular flexibility index (Phi) is 3.76. The molecule has 1 aromatic rings. The van der Waals surface area contributed by atoms with E-state index in [-0.39, 0.29) is 17.5 Å². The fourth-order valence-electron chi connectivity index (χ4n) is 1.79. The van der Waals surface area contributed by atoms with Crippen LogP contribution in [-0.2, 0) is 4.74 Å². The van der Waals surface area contributed by atoms with Gasteiger partial charge in [0.05, 0.1) is 13.2 Å². The van der Waals surface area contributed by atoms with Crippen LogP contribution in [0.25, 0.3) is 0 Å². The van der Waals surface area contributed by atoms with Crippen molar-refractivity contribution in [1.82, 2.24) is 0 Å². The third-order valence-electron chi connectivity index (χ3n) is 2.76. The number of rotatable bonds is 3. The SMILES string of the molecule is N=C(N)c1cc(F)c(OC2CCOCC2)c(F)c1. The fraction of sp³-hybridized carbons (Fsp3) is 0.417. The number of hydrogen-bond donors (Lipinski definition) is 2. The van der Waals surface area contributed by atoms with Gasteiger partial charge in [-0.25, -0.2) is 8.78 Å². The van der Waals surface area contributed by atoms with E-state index < -0.39 is 17.4 Å². The molecule has 0 bridgehead atoms. The summed E-state index contributed by atoms with van der Waals surface area (Å²) in [5, 5.41) is 7.14. The van der Waals surface area contributed by atoms with E-state index in [9.17, 15) is 8.78 Å². The maximum atomic E-state index is 13.7. The second-order valence-electron chi connectivity index (χ2n) is 4.11. The average Bonchev–Trinajstić information content (AvgIpc) is 2.34. The van der Waals surface area contributed by atoms with E-state index in [0.717, 1.165) is 12.1 Å². The molecule has 0 spiro atoms. The minimum absolute atomic E-state index is 0.00401. The number of nitrogen functional groups attached to an aromatic ring is 1. The van der Waals surface area contributed by atoms with E-state index >= 15 is 0 Å². The summed E-state index contributed by atoms with van der Waals surface area (Å²) in [6.07, 6.45) is 0.964.